The van der Waals surface area contributed by atoms with Gasteiger partial charge in [0.15, 0.2) is 17.3 Å². The third kappa shape index (κ3) is 3.94. The monoisotopic (exact) mass is 490 g/mol. The Morgan fingerprint density at radius 1 is 1.09 bits per heavy atom. The lowest BCUT2D eigenvalue weighted by Crippen LogP contribution is -2.43. The summed E-state index contributed by atoms with van der Waals surface area (Å²) < 4.78 is 10.9. The molecule has 182 valence electrons. The minimum atomic E-state index is -0.350. The predicted octanol–water partition coefficient (Wildman–Crippen LogP) is 5.68. The van der Waals surface area contributed by atoms with Crippen molar-refractivity contribution in [3.05, 3.63) is 51.0 Å². The molecular weight excluding hydrogens is 460 g/mol. The Labute approximate surface area is 210 Å². The van der Waals surface area contributed by atoms with Crippen molar-refractivity contribution in [1.29, 1.82) is 5.26 Å². The zero-order valence-electron chi connectivity index (χ0n) is 20.7. The summed E-state index contributed by atoms with van der Waals surface area (Å²) in [7, 11) is 3.16. The van der Waals surface area contributed by atoms with Crippen molar-refractivity contribution in [3.8, 4) is 17.6 Å². The van der Waals surface area contributed by atoms with Crippen LogP contribution in [-0.4, -0.2) is 25.9 Å². The number of Topliss-reactive ketones (excluding diaryl/α,β-unsaturated/α-hetero) is 1. The molecule has 3 aliphatic rings. The van der Waals surface area contributed by atoms with Crippen LogP contribution in [0.4, 0.5) is 5.00 Å². The van der Waals surface area contributed by atoms with E-state index in [-0.39, 0.29) is 29.4 Å². The lowest BCUT2D eigenvalue weighted by molar-refractivity contribution is -0.120. The standard InChI is InChI=1S/C28H30N2O4S/c1-28(2)13-20-26(21(31)14-28)18(16-9-10-22(33-3)23(11-16)34-4)12-25(32)30(20)27-19(15-29)17-7-5-6-8-24(17)35-27/h9-11,18H,5-8,12-14H2,1-4H3. The maximum atomic E-state index is 13.8. The summed E-state index contributed by atoms with van der Waals surface area (Å²) in [5, 5.41) is 10.8. The van der Waals surface area contributed by atoms with Crippen LogP contribution in [0.2, 0.25) is 0 Å². The average molecular weight is 491 g/mol. The minimum Gasteiger partial charge on any atom is -0.493 e. The quantitative estimate of drug-likeness (QED) is 0.551. The Morgan fingerprint density at radius 2 is 1.83 bits per heavy atom. The molecule has 0 radical (unpaired) electrons. The number of hydrogen-bond donors (Lipinski definition) is 0. The molecule has 0 saturated carbocycles. The topological polar surface area (TPSA) is 79.6 Å². The van der Waals surface area contributed by atoms with E-state index in [0.717, 1.165) is 42.5 Å². The molecule has 2 heterocycles. The second-order valence-electron chi connectivity index (χ2n) is 10.4. The second kappa shape index (κ2) is 8.83. The van der Waals surface area contributed by atoms with Crippen molar-refractivity contribution in [2.45, 2.75) is 64.7 Å². The Kier molecular flexibility index (Phi) is 5.96. The zero-order valence-corrected chi connectivity index (χ0v) is 21.5. The lowest BCUT2D eigenvalue weighted by atomic mass is 9.69. The molecule has 0 fully saturated rings. The molecule has 6 nitrogen and oxygen atoms in total. The van der Waals surface area contributed by atoms with Crippen LogP contribution < -0.4 is 14.4 Å². The van der Waals surface area contributed by atoms with Crippen LogP contribution >= 0.6 is 11.3 Å². The number of hydrogen-bond acceptors (Lipinski definition) is 6. The van der Waals surface area contributed by atoms with Gasteiger partial charge >= 0.3 is 0 Å². The maximum Gasteiger partial charge on any atom is 0.232 e. The molecular formula is C28H30N2O4S. The summed E-state index contributed by atoms with van der Waals surface area (Å²) in [6.07, 6.45) is 5.20. The Morgan fingerprint density at radius 3 is 2.54 bits per heavy atom. The molecule has 1 unspecified atom stereocenters. The van der Waals surface area contributed by atoms with Gasteiger partial charge in [0.05, 0.1) is 19.8 Å². The molecule has 2 aromatic rings. The summed E-state index contributed by atoms with van der Waals surface area (Å²) in [5.41, 5.74) is 3.77. The predicted molar refractivity (Wildman–Crippen MR) is 135 cm³/mol. The third-order valence-corrected chi connectivity index (χ3v) is 8.70. The molecule has 1 aliphatic heterocycles. The van der Waals surface area contributed by atoms with E-state index in [1.54, 1.807) is 30.5 Å². The minimum absolute atomic E-state index is 0.0656. The number of carbonyl (C=O) groups excluding carboxylic acids is 2. The Hall–Kier alpha value is -3.11. The van der Waals surface area contributed by atoms with Crippen LogP contribution in [0.25, 0.3) is 0 Å². The zero-order chi connectivity index (χ0) is 24.9. The smallest absolute Gasteiger partial charge is 0.232 e. The number of nitrogens with zero attached hydrogens (tertiary/aromatic N) is 2. The van der Waals surface area contributed by atoms with E-state index in [4.69, 9.17) is 9.47 Å². The number of methoxy groups -OCH3 is 2. The number of ketones is 1. The van der Waals surface area contributed by atoms with Crippen LogP contribution in [0.1, 0.15) is 73.4 Å². The molecule has 7 heteroatoms. The first-order valence-electron chi connectivity index (χ1n) is 12.1. The van der Waals surface area contributed by atoms with E-state index in [1.165, 1.54) is 4.88 Å². The Balaban J connectivity index is 1.69. The molecule has 5 rings (SSSR count). The fourth-order valence-electron chi connectivity index (χ4n) is 5.83. The van der Waals surface area contributed by atoms with Crippen LogP contribution in [0.3, 0.4) is 0 Å². The van der Waals surface area contributed by atoms with Crippen molar-refractivity contribution in [2.75, 3.05) is 19.1 Å². The van der Waals surface area contributed by atoms with Crippen LogP contribution in [-0.2, 0) is 22.4 Å². The van der Waals surface area contributed by atoms with Gasteiger partial charge in [0.2, 0.25) is 5.91 Å². The van der Waals surface area contributed by atoms with Gasteiger partial charge in [-0.25, -0.2) is 0 Å². The summed E-state index contributed by atoms with van der Waals surface area (Å²) in [4.78, 5) is 30.4. The van der Waals surface area contributed by atoms with Gasteiger partial charge in [-0.3, -0.25) is 14.5 Å². The number of ether oxygens (including phenoxy) is 2. The highest BCUT2D eigenvalue weighted by molar-refractivity contribution is 7.16. The number of fused-ring (bicyclic) bond motifs is 1. The van der Waals surface area contributed by atoms with Crippen molar-refractivity contribution < 1.29 is 19.1 Å². The van der Waals surface area contributed by atoms with Gasteiger partial charge in [-0.2, -0.15) is 5.26 Å². The maximum absolute atomic E-state index is 13.8. The van der Waals surface area contributed by atoms with E-state index in [0.29, 0.717) is 40.5 Å². The molecule has 1 amide bonds. The summed E-state index contributed by atoms with van der Waals surface area (Å²) in [5.74, 6) is 0.839. The summed E-state index contributed by atoms with van der Waals surface area (Å²) in [6, 6.07) is 8.00. The lowest BCUT2D eigenvalue weighted by Gasteiger charge is -2.42. The van der Waals surface area contributed by atoms with E-state index >= 15 is 0 Å². The third-order valence-electron chi connectivity index (χ3n) is 7.42. The second-order valence-corrected chi connectivity index (χ2v) is 11.5. The van der Waals surface area contributed by atoms with Crippen molar-refractivity contribution >= 4 is 28.0 Å². The molecule has 1 aromatic heterocycles. The molecule has 2 aliphatic carbocycles. The van der Waals surface area contributed by atoms with Gasteiger partial charge in [-0.1, -0.05) is 19.9 Å². The fraction of sp³-hybridized carbons (Fsp3) is 0.464. The van der Waals surface area contributed by atoms with E-state index in [2.05, 4.69) is 19.9 Å². The number of amides is 1. The first kappa shape index (κ1) is 23.6. The fourth-order valence-corrected chi connectivity index (χ4v) is 7.21. The van der Waals surface area contributed by atoms with Crippen molar-refractivity contribution in [3.63, 3.8) is 0 Å². The number of anilines is 1. The SMILES string of the molecule is COc1ccc(C2CC(=O)N(c3sc4c(c3C#N)CCCC4)C3=C2C(=O)CC(C)(C)C3)cc1OC. The number of rotatable bonds is 4. The van der Waals surface area contributed by atoms with Gasteiger partial charge in [0, 0.05) is 34.9 Å². The molecule has 1 atom stereocenters. The van der Waals surface area contributed by atoms with Crippen molar-refractivity contribution in [2.24, 2.45) is 5.41 Å². The Bertz CT molecular complexity index is 1300. The van der Waals surface area contributed by atoms with Crippen LogP contribution in [0.5, 0.6) is 11.5 Å². The first-order chi connectivity index (χ1) is 16.8. The molecule has 0 spiro atoms. The molecule has 1 aromatic carbocycles. The molecule has 0 N–H and O–H groups in total. The van der Waals surface area contributed by atoms with Gasteiger partial charge < -0.3 is 9.47 Å². The van der Waals surface area contributed by atoms with E-state index in [9.17, 15) is 14.9 Å². The molecule has 35 heavy (non-hydrogen) atoms. The van der Waals surface area contributed by atoms with Crippen LogP contribution in [0.15, 0.2) is 29.5 Å². The number of nitriles is 1. The number of aryl methyl sites for hydroxylation is 1. The highest BCUT2D eigenvalue weighted by atomic mass is 32.1. The van der Waals surface area contributed by atoms with Gasteiger partial charge in [-0.15, -0.1) is 11.3 Å². The van der Waals surface area contributed by atoms with Gasteiger partial charge in [0.1, 0.15) is 11.1 Å². The average Bonchev–Trinajstić information content (AvgIpc) is 3.20. The highest BCUT2D eigenvalue weighted by Crippen LogP contribution is 2.51. The number of benzene rings is 1. The summed E-state index contributed by atoms with van der Waals surface area (Å²) in [6.45, 7) is 4.14. The number of allylic oxidation sites excluding steroid dienone is 2. The summed E-state index contributed by atoms with van der Waals surface area (Å²) >= 11 is 1.56. The normalized spacial score (nSPS) is 21.3. The van der Waals surface area contributed by atoms with E-state index in [1.807, 2.05) is 18.2 Å². The molecule has 0 bridgehead atoms. The van der Waals surface area contributed by atoms with Gasteiger partial charge in [0.25, 0.3) is 0 Å². The van der Waals surface area contributed by atoms with Gasteiger partial charge in [-0.05, 0) is 60.8 Å². The van der Waals surface area contributed by atoms with Crippen LogP contribution in [0, 0.1) is 16.7 Å². The highest BCUT2D eigenvalue weighted by Gasteiger charge is 2.45. The number of carbonyl (C=O) groups is 2. The largest absolute Gasteiger partial charge is 0.493 e. The van der Waals surface area contributed by atoms with Crippen molar-refractivity contribution in [1.82, 2.24) is 0 Å². The van der Waals surface area contributed by atoms with E-state index < -0.39 is 0 Å². The molecule has 0 saturated heterocycles. The number of thiophene rings is 1. The first-order valence-corrected chi connectivity index (χ1v) is 13.0.